The average molecular weight is 425 g/mol. The van der Waals surface area contributed by atoms with Crippen LogP contribution in [-0.2, 0) is 6.42 Å². The number of allylic oxidation sites excluding steroid dienone is 1. The Labute approximate surface area is 186 Å². The number of furan rings is 1. The van der Waals surface area contributed by atoms with E-state index in [0.29, 0.717) is 35.3 Å². The zero-order valence-electron chi connectivity index (χ0n) is 17.9. The fourth-order valence-electron chi connectivity index (χ4n) is 4.45. The molecule has 1 aliphatic rings. The number of hydrogen-bond donors (Lipinski definition) is 1. The third kappa shape index (κ3) is 3.23. The predicted molar refractivity (Wildman–Crippen MR) is 128 cm³/mol. The molecular weight excluding hydrogens is 400 g/mol. The van der Waals surface area contributed by atoms with E-state index in [9.17, 15) is 5.11 Å². The Bertz CT molecular complexity index is 1290. The van der Waals surface area contributed by atoms with Crippen molar-refractivity contribution in [2.75, 3.05) is 12.1 Å². The Morgan fingerprint density at radius 1 is 1.12 bits per heavy atom. The van der Waals surface area contributed by atoms with E-state index in [1.54, 1.807) is 19.4 Å². The first-order chi connectivity index (χ1) is 15.7. The van der Waals surface area contributed by atoms with Crippen molar-refractivity contribution in [2.24, 2.45) is 5.10 Å². The molecule has 1 N–H and O–H groups in total. The van der Waals surface area contributed by atoms with Crippen LogP contribution in [0.15, 0.2) is 95.2 Å². The van der Waals surface area contributed by atoms with Crippen molar-refractivity contribution >= 4 is 22.4 Å². The van der Waals surface area contributed by atoms with Crippen molar-refractivity contribution in [1.29, 1.82) is 0 Å². The Morgan fingerprint density at radius 2 is 1.84 bits per heavy atom. The van der Waals surface area contributed by atoms with Crippen molar-refractivity contribution in [1.82, 2.24) is 0 Å². The van der Waals surface area contributed by atoms with Crippen LogP contribution in [0.4, 0.5) is 5.69 Å². The molecule has 5 heteroatoms. The standard InChI is InChI=1S/C27H24N2O3/c1-3-10-20-25(30)24(27(31-2)21-15-16-32-26(20)21)22-17-23(18-11-6-4-7-12-18)29(28-22)19-13-8-5-9-14-19/h3-9,11-16,23,30H,1,10,17H2,2H3. The van der Waals surface area contributed by atoms with Gasteiger partial charge in [-0.25, -0.2) is 0 Å². The molecule has 0 amide bonds. The van der Waals surface area contributed by atoms with Crippen LogP contribution < -0.4 is 9.75 Å². The molecule has 32 heavy (non-hydrogen) atoms. The number of methoxy groups -OCH3 is 1. The predicted octanol–water partition coefficient (Wildman–Crippen LogP) is 6.23. The van der Waals surface area contributed by atoms with Gasteiger partial charge in [-0.2, -0.15) is 5.10 Å². The molecule has 160 valence electrons. The number of aromatic hydroxyl groups is 1. The van der Waals surface area contributed by atoms with Crippen LogP contribution in [0.25, 0.3) is 11.0 Å². The lowest BCUT2D eigenvalue weighted by Gasteiger charge is -2.23. The molecule has 1 unspecified atom stereocenters. The minimum atomic E-state index is 0.000562. The van der Waals surface area contributed by atoms with E-state index < -0.39 is 0 Å². The second-order valence-electron chi connectivity index (χ2n) is 7.75. The van der Waals surface area contributed by atoms with E-state index in [-0.39, 0.29) is 11.8 Å². The summed E-state index contributed by atoms with van der Waals surface area (Å²) in [7, 11) is 1.61. The van der Waals surface area contributed by atoms with Crippen LogP contribution in [0.3, 0.4) is 0 Å². The number of anilines is 1. The Morgan fingerprint density at radius 3 is 2.53 bits per heavy atom. The molecule has 5 nitrogen and oxygen atoms in total. The molecule has 0 bridgehead atoms. The van der Waals surface area contributed by atoms with Gasteiger partial charge in [-0.05, 0) is 30.2 Å². The van der Waals surface area contributed by atoms with Gasteiger partial charge >= 0.3 is 0 Å². The lowest BCUT2D eigenvalue weighted by Crippen LogP contribution is -2.18. The van der Waals surface area contributed by atoms with Crippen LogP contribution in [0.1, 0.15) is 29.2 Å². The largest absolute Gasteiger partial charge is 0.507 e. The fourth-order valence-corrected chi connectivity index (χ4v) is 4.45. The summed E-state index contributed by atoms with van der Waals surface area (Å²) in [4.78, 5) is 0. The maximum absolute atomic E-state index is 11.3. The second-order valence-corrected chi connectivity index (χ2v) is 7.75. The highest BCUT2D eigenvalue weighted by atomic mass is 16.5. The zero-order valence-corrected chi connectivity index (χ0v) is 17.9. The van der Waals surface area contributed by atoms with Crippen molar-refractivity contribution in [2.45, 2.75) is 18.9 Å². The molecule has 3 aromatic carbocycles. The van der Waals surface area contributed by atoms with E-state index in [4.69, 9.17) is 14.3 Å². The highest BCUT2D eigenvalue weighted by Gasteiger charge is 2.34. The smallest absolute Gasteiger partial charge is 0.144 e. The van der Waals surface area contributed by atoms with Crippen LogP contribution in [0.2, 0.25) is 0 Å². The quantitative estimate of drug-likeness (QED) is 0.373. The van der Waals surface area contributed by atoms with Crippen molar-refractivity contribution < 1.29 is 14.3 Å². The third-order valence-electron chi connectivity index (χ3n) is 5.89. The summed E-state index contributed by atoms with van der Waals surface area (Å²) in [5.41, 5.74) is 4.83. The van der Waals surface area contributed by atoms with Crippen molar-refractivity contribution in [3.8, 4) is 11.5 Å². The monoisotopic (exact) mass is 424 g/mol. The maximum atomic E-state index is 11.3. The molecule has 0 radical (unpaired) electrons. The Kier molecular flexibility index (Phi) is 5.15. The first-order valence-electron chi connectivity index (χ1n) is 10.6. The number of para-hydroxylation sites is 1. The number of phenols is 1. The highest BCUT2D eigenvalue weighted by molar-refractivity contribution is 6.12. The Balaban J connectivity index is 1.71. The molecule has 2 heterocycles. The van der Waals surface area contributed by atoms with Gasteiger partial charge in [0.1, 0.15) is 17.1 Å². The number of nitrogens with zero attached hydrogens (tertiary/aromatic N) is 2. The zero-order chi connectivity index (χ0) is 22.1. The fraction of sp³-hybridized carbons (Fsp3) is 0.148. The maximum Gasteiger partial charge on any atom is 0.144 e. The van der Waals surface area contributed by atoms with Gasteiger partial charge < -0.3 is 14.3 Å². The summed E-state index contributed by atoms with van der Waals surface area (Å²) in [6.45, 7) is 3.84. The van der Waals surface area contributed by atoms with Gasteiger partial charge in [0.25, 0.3) is 0 Å². The number of ether oxygens (including phenoxy) is 1. The molecule has 1 aliphatic heterocycles. The highest BCUT2D eigenvalue weighted by Crippen LogP contribution is 2.45. The van der Waals surface area contributed by atoms with Gasteiger partial charge in [0.2, 0.25) is 0 Å². The molecule has 0 spiro atoms. The molecule has 0 saturated heterocycles. The molecule has 1 atom stereocenters. The summed E-state index contributed by atoms with van der Waals surface area (Å²) < 4.78 is 11.5. The normalized spacial score (nSPS) is 15.7. The van der Waals surface area contributed by atoms with E-state index in [2.05, 4.69) is 18.7 Å². The van der Waals surface area contributed by atoms with E-state index in [0.717, 1.165) is 22.3 Å². The first-order valence-corrected chi connectivity index (χ1v) is 10.6. The van der Waals surface area contributed by atoms with Gasteiger partial charge in [0, 0.05) is 12.0 Å². The molecule has 4 aromatic rings. The van der Waals surface area contributed by atoms with Gasteiger partial charge in [-0.3, -0.25) is 5.01 Å². The van der Waals surface area contributed by atoms with Gasteiger partial charge in [0.15, 0.2) is 0 Å². The molecule has 5 rings (SSSR count). The van der Waals surface area contributed by atoms with Crippen LogP contribution in [0.5, 0.6) is 11.5 Å². The topological polar surface area (TPSA) is 58.2 Å². The van der Waals surface area contributed by atoms with Crippen LogP contribution in [-0.4, -0.2) is 17.9 Å². The number of fused-ring (bicyclic) bond motifs is 1. The van der Waals surface area contributed by atoms with Gasteiger partial charge in [-0.1, -0.05) is 54.6 Å². The number of hydrazone groups is 1. The lowest BCUT2D eigenvalue weighted by molar-refractivity contribution is 0.409. The second kappa shape index (κ2) is 8.27. The summed E-state index contributed by atoms with van der Waals surface area (Å²) in [6.07, 6.45) is 4.47. The summed E-state index contributed by atoms with van der Waals surface area (Å²) in [6, 6.07) is 22.2. The summed E-state index contributed by atoms with van der Waals surface area (Å²) >= 11 is 0. The third-order valence-corrected chi connectivity index (χ3v) is 5.89. The molecular formula is C27H24N2O3. The minimum Gasteiger partial charge on any atom is -0.507 e. The summed E-state index contributed by atoms with van der Waals surface area (Å²) in [5, 5.41) is 19.2. The van der Waals surface area contributed by atoms with E-state index >= 15 is 0 Å². The van der Waals surface area contributed by atoms with Gasteiger partial charge in [0.05, 0.1) is 41.8 Å². The first kappa shape index (κ1) is 19.9. The van der Waals surface area contributed by atoms with E-state index in [1.807, 2.05) is 59.6 Å². The van der Waals surface area contributed by atoms with Crippen LogP contribution in [0, 0.1) is 0 Å². The number of hydrogen-bond acceptors (Lipinski definition) is 5. The average Bonchev–Trinajstić information content (AvgIpc) is 3.49. The molecule has 0 fully saturated rings. The molecule has 1 aromatic heterocycles. The van der Waals surface area contributed by atoms with Crippen molar-refractivity contribution in [3.05, 3.63) is 102 Å². The van der Waals surface area contributed by atoms with E-state index in [1.165, 1.54) is 0 Å². The SMILES string of the molecule is C=CCc1c(O)c(C2=NN(c3ccccc3)C(c3ccccc3)C2)c(OC)c2ccoc12. The molecule has 0 saturated carbocycles. The summed E-state index contributed by atoms with van der Waals surface area (Å²) in [5.74, 6) is 0.698. The van der Waals surface area contributed by atoms with Crippen molar-refractivity contribution in [3.63, 3.8) is 0 Å². The van der Waals surface area contributed by atoms with Gasteiger partial charge in [-0.15, -0.1) is 6.58 Å². The number of phenolic OH excluding ortho intramolecular Hbond substituents is 1. The Hall–Kier alpha value is -3.99. The lowest BCUT2D eigenvalue weighted by atomic mass is 9.93. The minimum absolute atomic E-state index is 0.000562. The number of benzene rings is 3. The van der Waals surface area contributed by atoms with Crippen LogP contribution >= 0.6 is 0 Å². The number of rotatable bonds is 6. The molecule has 0 aliphatic carbocycles.